The second-order valence-electron chi connectivity index (χ2n) is 8.71. The molecule has 14 heteroatoms. The molecular formula is C26H17F3N2O9. The van der Waals surface area contributed by atoms with Gasteiger partial charge in [-0.25, -0.2) is 4.79 Å². The molecule has 0 saturated carbocycles. The van der Waals surface area contributed by atoms with Crippen LogP contribution < -0.4 is 14.9 Å². The quantitative estimate of drug-likeness (QED) is 0.111. The Kier molecular flexibility index (Phi) is 7.03. The molecule has 4 aromatic rings. The van der Waals surface area contributed by atoms with Crippen LogP contribution in [-0.2, 0) is 6.18 Å². The van der Waals surface area contributed by atoms with Gasteiger partial charge in [0.2, 0.25) is 11.2 Å². The SMILES string of the molecule is Cc1cc(C)cc(Oc2c(C(F)(F)F)oc3cc(OC(=O)c4cc([N+](=O)[O-])c(C)c([N+](=O)[O-])c4)ccc3c2=O)c1. The van der Waals surface area contributed by atoms with Gasteiger partial charge in [-0.15, -0.1) is 0 Å². The van der Waals surface area contributed by atoms with Crippen molar-refractivity contribution < 1.29 is 41.7 Å². The Labute approximate surface area is 221 Å². The fourth-order valence-electron chi connectivity index (χ4n) is 3.96. The van der Waals surface area contributed by atoms with Crippen LogP contribution in [0.2, 0.25) is 0 Å². The number of fused-ring (bicyclic) bond motifs is 1. The molecule has 4 rings (SSSR count). The van der Waals surface area contributed by atoms with Gasteiger partial charge >= 0.3 is 12.1 Å². The molecule has 40 heavy (non-hydrogen) atoms. The van der Waals surface area contributed by atoms with Gasteiger partial charge in [-0.2, -0.15) is 13.2 Å². The zero-order valence-corrected chi connectivity index (χ0v) is 20.8. The van der Waals surface area contributed by atoms with E-state index in [1.165, 1.54) is 12.1 Å². The molecule has 1 aromatic heterocycles. The van der Waals surface area contributed by atoms with Gasteiger partial charge in [0.25, 0.3) is 17.1 Å². The van der Waals surface area contributed by atoms with E-state index in [0.717, 1.165) is 37.3 Å². The molecule has 0 aliphatic rings. The average molecular weight is 558 g/mol. The number of hydrogen-bond acceptors (Lipinski definition) is 9. The fraction of sp³-hybridized carbons (Fsp3) is 0.154. The summed E-state index contributed by atoms with van der Waals surface area (Å²) >= 11 is 0. The molecular weight excluding hydrogens is 541 g/mol. The van der Waals surface area contributed by atoms with Crippen LogP contribution in [0.25, 0.3) is 11.0 Å². The molecule has 0 aliphatic heterocycles. The van der Waals surface area contributed by atoms with Crippen LogP contribution in [0.15, 0.2) is 57.7 Å². The number of rotatable bonds is 6. The van der Waals surface area contributed by atoms with E-state index in [0.29, 0.717) is 11.1 Å². The molecule has 1 heterocycles. The molecule has 0 aliphatic carbocycles. The van der Waals surface area contributed by atoms with E-state index in [2.05, 4.69) is 0 Å². The highest BCUT2D eigenvalue weighted by Gasteiger charge is 2.40. The van der Waals surface area contributed by atoms with Crippen molar-refractivity contribution in [3.63, 3.8) is 0 Å². The Morgan fingerprint density at radius 1 is 0.875 bits per heavy atom. The number of carbonyl (C=O) groups excluding carboxylic acids is 1. The summed E-state index contributed by atoms with van der Waals surface area (Å²) in [6.45, 7) is 4.53. The monoisotopic (exact) mass is 558 g/mol. The Balaban J connectivity index is 1.77. The van der Waals surface area contributed by atoms with Gasteiger partial charge in [0.05, 0.1) is 20.8 Å². The molecule has 206 valence electrons. The summed E-state index contributed by atoms with van der Waals surface area (Å²) in [5.74, 6) is -4.51. The molecule has 0 unspecified atom stereocenters. The fourth-order valence-corrected chi connectivity index (χ4v) is 3.96. The lowest BCUT2D eigenvalue weighted by atomic mass is 10.1. The predicted molar refractivity (Wildman–Crippen MR) is 133 cm³/mol. The van der Waals surface area contributed by atoms with Gasteiger partial charge < -0.3 is 13.9 Å². The van der Waals surface area contributed by atoms with E-state index < -0.39 is 67.2 Å². The van der Waals surface area contributed by atoms with E-state index in [4.69, 9.17) is 13.9 Å². The van der Waals surface area contributed by atoms with Crippen molar-refractivity contribution >= 4 is 28.3 Å². The highest BCUT2D eigenvalue weighted by atomic mass is 19.4. The first kappa shape index (κ1) is 27.8. The number of nitrogens with zero attached hydrogens (tertiary/aromatic N) is 2. The summed E-state index contributed by atoms with van der Waals surface area (Å²) in [6, 6.07) is 9.13. The number of nitro groups is 2. The molecule has 0 atom stereocenters. The standard InChI is InChI=1S/C26H17F3N2O9/c1-12-6-13(2)8-17(7-12)38-23-22(32)18-5-4-16(11-21(18)40-24(23)26(27,28)29)39-25(33)15-9-19(30(34)35)14(3)20(10-15)31(36)37/h4-11H,1-3H3. The normalized spacial score (nSPS) is 11.3. The number of aryl methyl sites for hydroxylation is 2. The molecule has 0 fully saturated rings. The van der Waals surface area contributed by atoms with Crippen LogP contribution in [0.4, 0.5) is 24.5 Å². The summed E-state index contributed by atoms with van der Waals surface area (Å²) in [7, 11) is 0. The number of alkyl halides is 3. The van der Waals surface area contributed by atoms with E-state index in [1.807, 2.05) is 0 Å². The van der Waals surface area contributed by atoms with E-state index >= 15 is 0 Å². The van der Waals surface area contributed by atoms with E-state index in [9.17, 15) is 43.0 Å². The molecule has 0 spiro atoms. The molecule has 11 nitrogen and oxygen atoms in total. The van der Waals surface area contributed by atoms with Crippen LogP contribution >= 0.6 is 0 Å². The second-order valence-corrected chi connectivity index (χ2v) is 8.71. The third-order valence-electron chi connectivity index (χ3n) is 5.69. The lowest BCUT2D eigenvalue weighted by molar-refractivity contribution is -0.395. The van der Waals surface area contributed by atoms with Crippen LogP contribution in [0.5, 0.6) is 17.2 Å². The van der Waals surface area contributed by atoms with Crippen molar-refractivity contribution in [3.8, 4) is 17.2 Å². The number of nitro benzene ring substituents is 2. The lowest BCUT2D eigenvalue weighted by Gasteiger charge is -2.14. The van der Waals surface area contributed by atoms with Gasteiger partial charge in [-0.1, -0.05) is 6.07 Å². The van der Waals surface area contributed by atoms with Gasteiger partial charge in [-0.05, 0) is 56.2 Å². The number of esters is 1. The minimum Gasteiger partial charge on any atom is -0.449 e. The number of benzene rings is 3. The first-order chi connectivity index (χ1) is 18.6. The van der Waals surface area contributed by atoms with Gasteiger partial charge in [0.15, 0.2) is 0 Å². The van der Waals surface area contributed by atoms with Crippen LogP contribution in [0.3, 0.4) is 0 Å². The van der Waals surface area contributed by atoms with Crippen molar-refractivity contribution in [2.24, 2.45) is 0 Å². The van der Waals surface area contributed by atoms with Crippen LogP contribution in [-0.4, -0.2) is 15.8 Å². The minimum atomic E-state index is -5.14. The van der Waals surface area contributed by atoms with Gasteiger partial charge in [0.1, 0.15) is 22.6 Å². The zero-order valence-electron chi connectivity index (χ0n) is 20.8. The van der Waals surface area contributed by atoms with Crippen molar-refractivity contribution in [2.75, 3.05) is 0 Å². The van der Waals surface area contributed by atoms with Crippen LogP contribution in [0.1, 0.15) is 32.8 Å². The topological polar surface area (TPSA) is 152 Å². The maximum atomic E-state index is 13.9. The Bertz CT molecular complexity index is 1720. The smallest absolute Gasteiger partial charge is 0.449 e. The zero-order chi connectivity index (χ0) is 29.5. The van der Waals surface area contributed by atoms with E-state index in [1.54, 1.807) is 19.9 Å². The summed E-state index contributed by atoms with van der Waals surface area (Å²) in [6.07, 6.45) is -5.14. The molecule has 0 bridgehead atoms. The highest BCUT2D eigenvalue weighted by Crippen LogP contribution is 2.39. The second kappa shape index (κ2) is 10.1. The first-order valence-electron chi connectivity index (χ1n) is 11.3. The van der Waals surface area contributed by atoms with E-state index in [-0.39, 0.29) is 16.7 Å². The third-order valence-corrected chi connectivity index (χ3v) is 5.69. The van der Waals surface area contributed by atoms with Gasteiger partial charge in [-0.3, -0.25) is 25.0 Å². The maximum absolute atomic E-state index is 13.9. The third kappa shape index (κ3) is 5.45. The summed E-state index contributed by atoms with van der Waals surface area (Å²) in [5.41, 5.74) is -2.65. The Morgan fingerprint density at radius 3 is 1.98 bits per heavy atom. The molecule has 0 N–H and O–H groups in total. The summed E-state index contributed by atoms with van der Waals surface area (Å²) in [4.78, 5) is 46.4. The number of ether oxygens (including phenoxy) is 2. The largest absolute Gasteiger partial charge is 0.453 e. The number of carbonyl (C=O) groups is 1. The highest BCUT2D eigenvalue weighted by molar-refractivity contribution is 5.93. The van der Waals surface area contributed by atoms with Crippen molar-refractivity contribution in [3.05, 3.63) is 107 Å². The Morgan fingerprint density at radius 2 is 1.45 bits per heavy atom. The molecule has 0 radical (unpaired) electrons. The van der Waals surface area contributed by atoms with Crippen molar-refractivity contribution in [2.45, 2.75) is 26.9 Å². The van der Waals surface area contributed by atoms with Gasteiger partial charge in [0, 0.05) is 18.2 Å². The van der Waals surface area contributed by atoms with Crippen LogP contribution in [0, 0.1) is 41.0 Å². The lowest BCUT2D eigenvalue weighted by Crippen LogP contribution is -2.16. The predicted octanol–water partition coefficient (Wildman–Crippen LogP) is 6.56. The molecule has 0 amide bonds. The average Bonchev–Trinajstić information content (AvgIpc) is 2.84. The number of hydrogen-bond donors (Lipinski definition) is 0. The van der Waals surface area contributed by atoms with Crippen molar-refractivity contribution in [1.29, 1.82) is 0 Å². The summed E-state index contributed by atoms with van der Waals surface area (Å²) < 4.78 is 57.1. The first-order valence-corrected chi connectivity index (χ1v) is 11.3. The minimum absolute atomic E-state index is 0.0125. The Hall–Kier alpha value is -5.27. The molecule has 0 saturated heterocycles. The number of halogens is 3. The van der Waals surface area contributed by atoms with Crippen molar-refractivity contribution in [1.82, 2.24) is 0 Å². The summed E-state index contributed by atoms with van der Waals surface area (Å²) in [5, 5.41) is 22.2. The maximum Gasteiger partial charge on any atom is 0.453 e. The molecule has 3 aromatic carbocycles.